The van der Waals surface area contributed by atoms with Crippen LogP contribution < -0.4 is 16.8 Å². The van der Waals surface area contributed by atoms with Crippen LogP contribution in [0, 0.1) is 12.3 Å². The van der Waals surface area contributed by atoms with E-state index in [1.165, 1.54) is 0 Å². The van der Waals surface area contributed by atoms with Crippen LogP contribution in [0.1, 0.15) is 35.2 Å². The van der Waals surface area contributed by atoms with Crippen LogP contribution in [0.25, 0.3) is 0 Å². The summed E-state index contributed by atoms with van der Waals surface area (Å²) in [7, 11) is 0. The summed E-state index contributed by atoms with van der Waals surface area (Å²) in [6, 6.07) is 6.63. The molecule has 0 unspecified atom stereocenters. The largest absolute Gasteiger partial charge is 0.368 e. The Morgan fingerprint density at radius 2 is 2.10 bits per heavy atom. The zero-order chi connectivity index (χ0) is 15.7. The van der Waals surface area contributed by atoms with Crippen LogP contribution in [0.3, 0.4) is 0 Å². The fraction of sp³-hybridized carbons (Fsp3) is 0.375. The summed E-state index contributed by atoms with van der Waals surface area (Å²) in [6.07, 6.45) is 7.77. The van der Waals surface area contributed by atoms with E-state index >= 15 is 0 Å². The van der Waals surface area contributed by atoms with Gasteiger partial charge in [0, 0.05) is 18.5 Å². The van der Waals surface area contributed by atoms with Crippen molar-refractivity contribution in [3.8, 4) is 12.3 Å². The van der Waals surface area contributed by atoms with Crippen molar-refractivity contribution in [3.63, 3.8) is 0 Å². The van der Waals surface area contributed by atoms with E-state index in [9.17, 15) is 9.59 Å². The molecule has 0 saturated heterocycles. The maximum Gasteiger partial charge on any atom is 0.251 e. The fourth-order valence-corrected chi connectivity index (χ4v) is 1.88. The van der Waals surface area contributed by atoms with Crippen molar-refractivity contribution in [3.05, 3.63) is 35.4 Å². The average Bonchev–Trinajstić information content (AvgIpc) is 2.47. The van der Waals surface area contributed by atoms with Crippen molar-refractivity contribution in [1.29, 1.82) is 0 Å². The van der Waals surface area contributed by atoms with E-state index in [4.69, 9.17) is 17.9 Å². The molecule has 1 atom stereocenters. The van der Waals surface area contributed by atoms with Gasteiger partial charge in [-0.25, -0.2) is 0 Å². The molecule has 0 spiro atoms. The monoisotopic (exact) mass is 287 g/mol. The third kappa shape index (κ3) is 6.11. The fourth-order valence-electron chi connectivity index (χ4n) is 1.88. The average molecular weight is 287 g/mol. The SMILES string of the molecule is C#CCc1cccc(C(=O)NCCCC[C@H](N)C(N)=O)c1. The Morgan fingerprint density at radius 1 is 1.33 bits per heavy atom. The molecule has 0 fully saturated rings. The number of benzene rings is 1. The Bertz CT molecular complexity index is 535. The molecule has 0 bridgehead atoms. The molecule has 0 saturated carbocycles. The lowest BCUT2D eigenvalue weighted by molar-refractivity contribution is -0.119. The zero-order valence-corrected chi connectivity index (χ0v) is 12.0. The van der Waals surface area contributed by atoms with E-state index in [1.54, 1.807) is 12.1 Å². The van der Waals surface area contributed by atoms with E-state index in [2.05, 4.69) is 11.2 Å². The molecule has 112 valence electrons. The number of hydrogen-bond donors (Lipinski definition) is 3. The standard InChI is InChI=1S/C16H21N3O2/c1-2-6-12-7-5-8-13(11-12)16(21)19-10-4-3-9-14(17)15(18)20/h1,5,7-8,11,14H,3-4,6,9-10,17H2,(H2,18,20)(H,19,21)/t14-/m0/s1. The predicted octanol–water partition coefficient (Wildman–Crippen LogP) is 0.575. The number of terminal acetylenes is 1. The van der Waals surface area contributed by atoms with Gasteiger partial charge in [0.25, 0.3) is 5.91 Å². The van der Waals surface area contributed by atoms with Gasteiger partial charge in [0.2, 0.25) is 5.91 Å². The third-order valence-electron chi connectivity index (χ3n) is 3.09. The van der Waals surface area contributed by atoms with Gasteiger partial charge in [0.1, 0.15) is 0 Å². The van der Waals surface area contributed by atoms with Crippen LogP contribution in [0.4, 0.5) is 0 Å². The maximum atomic E-state index is 11.9. The van der Waals surface area contributed by atoms with Crippen molar-refractivity contribution in [2.75, 3.05) is 6.54 Å². The van der Waals surface area contributed by atoms with Crippen molar-refractivity contribution in [2.24, 2.45) is 11.5 Å². The molecular formula is C16H21N3O2. The summed E-state index contributed by atoms with van der Waals surface area (Å²) in [5.41, 5.74) is 12.1. The smallest absolute Gasteiger partial charge is 0.251 e. The zero-order valence-electron chi connectivity index (χ0n) is 12.0. The number of hydrogen-bond acceptors (Lipinski definition) is 3. The van der Waals surface area contributed by atoms with Crippen LogP contribution >= 0.6 is 0 Å². The molecular weight excluding hydrogens is 266 g/mol. The molecule has 1 aromatic carbocycles. The van der Waals surface area contributed by atoms with E-state index in [0.29, 0.717) is 24.9 Å². The van der Waals surface area contributed by atoms with Gasteiger partial charge in [-0.2, -0.15) is 0 Å². The molecule has 2 amide bonds. The summed E-state index contributed by atoms with van der Waals surface area (Å²) in [5, 5.41) is 2.82. The van der Waals surface area contributed by atoms with Gasteiger partial charge < -0.3 is 16.8 Å². The Morgan fingerprint density at radius 3 is 2.76 bits per heavy atom. The Balaban J connectivity index is 2.32. The van der Waals surface area contributed by atoms with Crippen LogP contribution in [0.15, 0.2) is 24.3 Å². The lowest BCUT2D eigenvalue weighted by atomic mass is 10.1. The molecule has 5 heteroatoms. The minimum Gasteiger partial charge on any atom is -0.368 e. The van der Waals surface area contributed by atoms with E-state index in [0.717, 1.165) is 18.4 Å². The molecule has 1 rings (SSSR count). The van der Waals surface area contributed by atoms with Crippen molar-refractivity contribution in [2.45, 2.75) is 31.7 Å². The van der Waals surface area contributed by atoms with Crippen molar-refractivity contribution in [1.82, 2.24) is 5.32 Å². The minimum atomic E-state index is -0.610. The number of nitrogens with two attached hydrogens (primary N) is 2. The van der Waals surface area contributed by atoms with Crippen LogP contribution in [-0.4, -0.2) is 24.4 Å². The molecule has 21 heavy (non-hydrogen) atoms. The van der Waals surface area contributed by atoms with E-state index in [1.807, 2.05) is 12.1 Å². The number of carbonyl (C=O) groups excluding carboxylic acids is 2. The Hall–Kier alpha value is -2.32. The second-order valence-electron chi connectivity index (χ2n) is 4.84. The number of carbonyl (C=O) groups is 2. The number of nitrogens with one attached hydrogen (secondary N) is 1. The topological polar surface area (TPSA) is 98.2 Å². The molecule has 0 aliphatic carbocycles. The van der Waals surface area contributed by atoms with Gasteiger partial charge >= 0.3 is 0 Å². The molecule has 0 radical (unpaired) electrons. The lowest BCUT2D eigenvalue weighted by Gasteiger charge is -2.08. The summed E-state index contributed by atoms with van der Waals surface area (Å²) in [5.74, 6) is 1.92. The van der Waals surface area contributed by atoms with Gasteiger partial charge in [-0.05, 0) is 37.0 Å². The molecule has 1 aromatic rings. The van der Waals surface area contributed by atoms with Gasteiger partial charge in [-0.15, -0.1) is 12.3 Å². The van der Waals surface area contributed by atoms with Crippen LogP contribution in [-0.2, 0) is 11.2 Å². The Kier molecular flexibility index (Phi) is 6.99. The number of amides is 2. The van der Waals surface area contributed by atoms with Gasteiger partial charge in [-0.3, -0.25) is 9.59 Å². The number of primary amides is 1. The normalized spacial score (nSPS) is 11.4. The molecule has 0 heterocycles. The van der Waals surface area contributed by atoms with E-state index < -0.39 is 11.9 Å². The molecule has 0 aliphatic heterocycles. The second-order valence-corrected chi connectivity index (χ2v) is 4.84. The third-order valence-corrected chi connectivity index (χ3v) is 3.09. The van der Waals surface area contributed by atoms with E-state index in [-0.39, 0.29) is 5.91 Å². The highest BCUT2D eigenvalue weighted by molar-refractivity contribution is 5.94. The Labute approximate surface area is 125 Å². The summed E-state index contributed by atoms with van der Waals surface area (Å²) in [4.78, 5) is 22.7. The molecule has 5 N–H and O–H groups in total. The number of unbranched alkanes of at least 4 members (excludes halogenated alkanes) is 1. The summed E-state index contributed by atoms with van der Waals surface area (Å²) >= 11 is 0. The first-order valence-corrected chi connectivity index (χ1v) is 6.90. The first kappa shape index (κ1) is 16.7. The highest BCUT2D eigenvalue weighted by Gasteiger charge is 2.08. The van der Waals surface area contributed by atoms with Crippen LogP contribution in [0.5, 0.6) is 0 Å². The van der Waals surface area contributed by atoms with Crippen molar-refractivity contribution < 1.29 is 9.59 Å². The van der Waals surface area contributed by atoms with Gasteiger partial charge in [0.05, 0.1) is 6.04 Å². The summed E-state index contributed by atoms with van der Waals surface area (Å²) in [6.45, 7) is 0.531. The number of rotatable bonds is 8. The molecule has 0 aliphatic rings. The highest BCUT2D eigenvalue weighted by Crippen LogP contribution is 2.06. The maximum absolute atomic E-state index is 11.9. The highest BCUT2D eigenvalue weighted by atomic mass is 16.2. The van der Waals surface area contributed by atoms with Crippen molar-refractivity contribution >= 4 is 11.8 Å². The first-order chi connectivity index (χ1) is 10.0. The minimum absolute atomic E-state index is 0.131. The lowest BCUT2D eigenvalue weighted by Crippen LogP contribution is -2.36. The van der Waals surface area contributed by atoms with Gasteiger partial charge in [0.15, 0.2) is 0 Å². The molecule has 0 aromatic heterocycles. The van der Waals surface area contributed by atoms with Crippen LogP contribution in [0.2, 0.25) is 0 Å². The first-order valence-electron chi connectivity index (χ1n) is 6.90. The predicted molar refractivity (Wildman–Crippen MR) is 82.3 cm³/mol. The summed E-state index contributed by atoms with van der Waals surface area (Å²) < 4.78 is 0. The molecule has 5 nitrogen and oxygen atoms in total. The van der Waals surface area contributed by atoms with Gasteiger partial charge in [-0.1, -0.05) is 12.1 Å². The second kappa shape index (κ2) is 8.77. The quantitative estimate of drug-likeness (QED) is 0.481.